The van der Waals surface area contributed by atoms with Gasteiger partial charge in [0.15, 0.2) is 18.1 Å². The van der Waals surface area contributed by atoms with Crippen LogP contribution in [0.4, 0.5) is 11.4 Å². The van der Waals surface area contributed by atoms with Crippen molar-refractivity contribution in [1.82, 2.24) is 0 Å². The van der Waals surface area contributed by atoms with Gasteiger partial charge >= 0.3 is 0 Å². The minimum Gasteiger partial charge on any atom is -0.497 e. The average molecular weight is 421 g/mol. The Labute approximate surface area is 183 Å². The SMILES string of the molecule is COc1ccc(NCc2ccc(OCC(=O)Nc3cc(C)ccc3C)c(OC)c2)cc1. The summed E-state index contributed by atoms with van der Waals surface area (Å²) in [4.78, 5) is 12.3. The highest BCUT2D eigenvalue weighted by molar-refractivity contribution is 5.92. The lowest BCUT2D eigenvalue weighted by molar-refractivity contribution is -0.118. The van der Waals surface area contributed by atoms with Crippen molar-refractivity contribution in [2.45, 2.75) is 20.4 Å². The lowest BCUT2D eigenvalue weighted by Gasteiger charge is -2.14. The number of hydrogen-bond acceptors (Lipinski definition) is 5. The second-order valence-electron chi connectivity index (χ2n) is 7.22. The second kappa shape index (κ2) is 10.4. The molecule has 1 amide bonds. The number of ether oxygens (including phenoxy) is 3. The summed E-state index contributed by atoms with van der Waals surface area (Å²) in [5, 5.41) is 6.25. The summed E-state index contributed by atoms with van der Waals surface area (Å²) in [7, 11) is 3.23. The summed E-state index contributed by atoms with van der Waals surface area (Å²) < 4.78 is 16.3. The Balaban J connectivity index is 1.57. The third kappa shape index (κ3) is 6.15. The van der Waals surface area contributed by atoms with E-state index in [1.54, 1.807) is 14.2 Å². The van der Waals surface area contributed by atoms with Crippen LogP contribution in [-0.2, 0) is 11.3 Å². The number of amides is 1. The molecule has 3 aromatic rings. The molecule has 0 aliphatic carbocycles. The number of carbonyl (C=O) groups excluding carboxylic acids is 1. The molecule has 0 bridgehead atoms. The molecule has 0 fully saturated rings. The lowest BCUT2D eigenvalue weighted by atomic mass is 10.1. The van der Waals surface area contributed by atoms with Gasteiger partial charge in [-0.3, -0.25) is 4.79 Å². The minimum absolute atomic E-state index is 0.104. The van der Waals surface area contributed by atoms with Gasteiger partial charge in [0.05, 0.1) is 14.2 Å². The fourth-order valence-electron chi connectivity index (χ4n) is 3.05. The number of aryl methyl sites for hydroxylation is 2. The first-order valence-electron chi connectivity index (χ1n) is 10.0. The van der Waals surface area contributed by atoms with Crippen molar-refractivity contribution in [2.24, 2.45) is 0 Å². The normalized spacial score (nSPS) is 10.3. The van der Waals surface area contributed by atoms with Gasteiger partial charge in [-0.25, -0.2) is 0 Å². The van der Waals surface area contributed by atoms with Crippen LogP contribution in [0.2, 0.25) is 0 Å². The van der Waals surface area contributed by atoms with Gasteiger partial charge in [0.1, 0.15) is 5.75 Å². The molecule has 0 saturated heterocycles. The Morgan fingerprint density at radius 3 is 2.35 bits per heavy atom. The largest absolute Gasteiger partial charge is 0.497 e. The molecule has 0 unspecified atom stereocenters. The molecule has 0 aliphatic heterocycles. The number of carbonyl (C=O) groups is 1. The number of methoxy groups -OCH3 is 2. The van der Waals surface area contributed by atoms with Crippen LogP contribution in [-0.4, -0.2) is 26.7 Å². The molecule has 2 N–H and O–H groups in total. The van der Waals surface area contributed by atoms with E-state index in [4.69, 9.17) is 14.2 Å². The molecule has 0 atom stereocenters. The van der Waals surface area contributed by atoms with Crippen LogP contribution in [0.25, 0.3) is 0 Å². The lowest BCUT2D eigenvalue weighted by Crippen LogP contribution is -2.21. The van der Waals surface area contributed by atoms with Crippen molar-refractivity contribution in [3.8, 4) is 17.2 Å². The second-order valence-corrected chi connectivity index (χ2v) is 7.22. The number of rotatable bonds is 9. The van der Waals surface area contributed by atoms with Gasteiger partial charge < -0.3 is 24.8 Å². The highest BCUT2D eigenvalue weighted by atomic mass is 16.5. The maximum atomic E-state index is 12.3. The summed E-state index contributed by atoms with van der Waals surface area (Å²) in [5.74, 6) is 1.69. The van der Waals surface area contributed by atoms with Crippen molar-refractivity contribution in [3.05, 3.63) is 77.4 Å². The van der Waals surface area contributed by atoms with Crippen molar-refractivity contribution < 1.29 is 19.0 Å². The summed E-state index contributed by atoms with van der Waals surface area (Å²) in [6, 6.07) is 19.3. The van der Waals surface area contributed by atoms with Gasteiger partial charge in [0.2, 0.25) is 0 Å². The first kappa shape index (κ1) is 22.0. The van der Waals surface area contributed by atoms with E-state index in [-0.39, 0.29) is 12.5 Å². The molecule has 0 radical (unpaired) electrons. The van der Waals surface area contributed by atoms with Crippen LogP contribution in [0.15, 0.2) is 60.7 Å². The molecule has 0 aromatic heterocycles. The number of hydrogen-bond donors (Lipinski definition) is 2. The van der Waals surface area contributed by atoms with Gasteiger partial charge in [0.25, 0.3) is 5.91 Å². The topological polar surface area (TPSA) is 68.8 Å². The Morgan fingerprint density at radius 1 is 0.871 bits per heavy atom. The van der Waals surface area contributed by atoms with Gasteiger partial charge in [-0.2, -0.15) is 0 Å². The Kier molecular flexibility index (Phi) is 7.38. The van der Waals surface area contributed by atoms with Crippen molar-refractivity contribution in [1.29, 1.82) is 0 Å². The van der Waals surface area contributed by atoms with Crippen LogP contribution >= 0.6 is 0 Å². The zero-order valence-corrected chi connectivity index (χ0v) is 18.3. The van der Waals surface area contributed by atoms with Crippen LogP contribution < -0.4 is 24.8 Å². The molecule has 6 heteroatoms. The highest BCUT2D eigenvalue weighted by Gasteiger charge is 2.10. The quantitative estimate of drug-likeness (QED) is 0.513. The summed E-state index contributed by atoms with van der Waals surface area (Å²) >= 11 is 0. The molecule has 31 heavy (non-hydrogen) atoms. The average Bonchev–Trinajstić information content (AvgIpc) is 2.79. The van der Waals surface area contributed by atoms with Crippen LogP contribution in [0.3, 0.4) is 0 Å². The summed E-state index contributed by atoms with van der Waals surface area (Å²) in [6.07, 6.45) is 0. The molecule has 0 spiro atoms. The van der Waals surface area contributed by atoms with E-state index in [1.807, 2.05) is 74.5 Å². The molecular weight excluding hydrogens is 392 g/mol. The molecule has 162 valence electrons. The fourth-order valence-corrected chi connectivity index (χ4v) is 3.05. The zero-order valence-electron chi connectivity index (χ0n) is 18.3. The standard InChI is InChI=1S/C25H28N2O4/c1-17-5-6-18(2)22(13-17)27-25(28)16-31-23-12-7-19(14-24(23)30-4)15-26-20-8-10-21(29-3)11-9-20/h5-14,26H,15-16H2,1-4H3,(H,27,28). The maximum absolute atomic E-state index is 12.3. The predicted octanol–water partition coefficient (Wildman–Crippen LogP) is 4.95. The van der Waals surface area contributed by atoms with E-state index in [0.717, 1.165) is 33.8 Å². The molecule has 0 aliphatic rings. The number of anilines is 2. The molecule has 3 rings (SSSR count). The summed E-state index contributed by atoms with van der Waals surface area (Å²) in [5.41, 5.74) is 4.90. The highest BCUT2D eigenvalue weighted by Crippen LogP contribution is 2.28. The molecule has 3 aromatic carbocycles. The van der Waals surface area contributed by atoms with Crippen LogP contribution in [0, 0.1) is 13.8 Å². The van der Waals surface area contributed by atoms with Crippen LogP contribution in [0.5, 0.6) is 17.2 Å². The van der Waals surface area contributed by atoms with Gasteiger partial charge in [0, 0.05) is 17.9 Å². The van der Waals surface area contributed by atoms with E-state index in [1.165, 1.54) is 0 Å². The summed E-state index contributed by atoms with van der Waals surface area (Å²) in [6.45, 7) is 4.46. The Bertz CT molecular complexity index is 1030. The predicted molar refractivity (Wildman–Crippen MR) is 123 cm³/mol. The van der Waals surface area contributed by atoms with E-state index in [9.17, 15) is 4.79 Å². The van der Waals surface area contributed by atoms with Crippen LogP contribution in [0.1, 0.15) is 16.7 Å². The Morgan fingerprint density at radius 2 is 1.65 bits per heavy atom. The smallest absolute Gasteiger partial charge is 0.262 e. The van der Waals surface area contributed by atoms with Gasteiger partial charge in [-0.05, 0) is 73.0 Å². The van der Waals surface area contributed by atoms with E-state index in [0.29, 0.717) is 18.0 Å². The first-order valence-corrected chi connectivity index (χ1v) is 10.0. The number of benzene rings is 3. The molecule has 6 nitrogen and oxygen atoms in total. The van der Waals surface area contributed by atoms with E-state index < -0.39 is 0 Å². The molecule has 0 heterocycles. The Hall–Kier alpha value is -3.67. The van der Waals surface area contributed by atoms with Gasteiger partial charge in [-0.1, -0.05) is 18.2 Å². The maximum Gasteiger partial charge on any atom is 0.262 e. The van der Waals surface area contributed by atoms with E-state index in [2.05, 4.69) is 10.6 Å². The fraction of sp³-hybridized carbons (Fsp3) is 0.240. The molecule has 0 saturated carbocycles. The number of nitrogens with one attached hydrogen (secondary N) is 2. The first-order chi connectivity index (χ1) is 15.0. The van der Waals surface area contributed by atoms with E-state index >= 15 is 0 Å². The van der Waals surface area contributed by atoms with Crippen molar-refractivity contribution >= 4 is 17.3 Å². The third-order valence-electron chi connectivity index (χ3n) is 4.84. The third-order valence-corrected chi connectivity index (χ3v) is 4.84. The molecular formula is C25H28N2O4. The zero-order chi connectivity index (χ0) is 22.2. The minimum atomic E-state index is -0.221. The van der Waals surface area contributed by atoms with Gasteiger partial charge in [-0.15, -0.1) is 0 Å². The van der Waals surface area contributed by atoms with Crippen molar-refractivity contribution in [3.63, 3.8) is 0 Å². The van der Waals surface area contributed by atoms with Crippen molar-refractivity contribution in [2.75, 3.05) is 31.5 Å². The monoisotopic (exact) mass is 420 g/mol.